The second kappa shape index (κ2) is 5.70. The number of thiophene rings is 1. The van der Waals surface area contributed by atoms with Gasteiger partial charge in [-0.25, -0.2) is 4.98 Å². The lowest BCUT2D eigenvalue weighted by Gasteiger charge is -2.28. The molecule has 3 unspecified atom stereocenters. The van der Waals surface area contributed by atoms with Crippen LogP contribution in [0.4, 0.5) is 0 Å². The van der Waals surface area contributed by atoms with E-state index in [1.807, 2.05) is 10.8 Å². The first kappa shape index (κ1) is 13.2. The molecule has 0 saturated carbocycles. The maximum absolute atomic E-state index is 12.3. The Hall–Kier alpha value is -0.760. The summed E-state index contributed by atoms with van der Waals surface area (Å²) in [5.74, 6) is 0.583. The molecular weight excluding hydrogens is 282 g/mol. The van der Waals surface area contributed by atoms with Crippen molar-refractivity contribution < 1.29 is 8.95 Å². The molecule has 2 N–H and O–H groups in total. The Balaban J connectivity index is 1.66. The maximum atomic E-state index is 12.3. The molecule has 1 aliphatic rings. The van der Waals surface area contributed by atoms with E-state index in [1.165, 1.54) is 0 Å². The molecule has 19 heavy (non-hydrogen) atoms. The minimum Gasteiger partial charge on any atom is -0.381 e. The normalized spacial score (nSPS) is 25.7. The van der Waals surface area contributed by atoms with Gasteiger partial charge in [0, 0.05) is 29.7 Å². The van der Waals surface area contributed by atoms with Gasteiger partial charge in [-0.05, 0) is 19.4 Å². The van der Waals surface area contributed by atoms with Gasteiger partial charge in [0.2, 0.25) is 0 Å². The van der Waals surface area contributed by atoms with E-state index in [2.05, 4.69) is 15.3 Å². The highest BCUT2D eigenvalue weighted by molar-refractivity contribution is 7.84. The number of piperidine rings is 1. The van der Waals surface area contributed by atoms with Gasteiger partial charge in [0.25, 0.3) is 0 Å². The standard InChI is InChI=1S/C12H17N3O2S2/c1-17-9-2-3-13-8(4-9)7-19(16)12-14-10-5-18-6-11(10)15-12/h5-6,8-9,13H,2-4,7H2,1H3,(H,14,15). The minimum atomic E-state index is -1.09. The number of aromatic nitrogens is 2. The lowest BCUT2D eigenvalue weighted by atomic mass is 10.0. The van der Waals surface area contributed by atoms with Crippen LogP contribution >= 0.6 is 11.3 Å². The van der Waals surface area contributed by atoms with Gasteiger partial charge < -0.3 is 15.0 Å². The molecule has 0 amide bonds. The van der Waals surface area contributed by atoms with Crippen molar-refractivity contribution >= 4 is 33.2 Å². The van der Waals surface area contributed by atoms with Crippen LogP contribution in [-0.2, 0) is 15.5 Å². The van der Waals surface area contributed by atoms with Gasteiger partial charge in [0.15, 0.2) is 5.16 Å². The summed E-state index contributed by atoms with van der Waals surface area (Å²) in [6.45, 7) is 0.924. The number of rotatable bonds is 4. The number of nitrogens with zero attached hydrogens (tertiary/aromatic N) is 1. The third-order valence-electron chi connectivity index (χ3n) is 3.45. The smallest absolute Gasteiger partial charge is 0.197 e. The highest BCUT2D eigenvalue weighted by Gasteiger charge is 2.24. The van der Waals surface area contributed by atoms with Crippen molar-refractivity contribution in [2.45, 2.75) is 30.1 Å². The topological polar surface area (TPSA) is 67.0 Å². The van der Waals surface area contributed by atoms with E-state index in [0.717, 1.165) is 30.4 Å². The summed E-state index contributed by atoms with van der Waals surface area (Å²) in [7, 11) is 0.651. The molecule has 0 radical (unpaired) electrons. The summed E-state index contributed by atoms with van der Waals surface area (Å²) in [5, 5.41) is 7.94. The summed E-state index contributed by atoms with van der Waals surface area (Å²) in [6, 6.07) is 0.238. The van der Waals surface area contributed by atoms with Crippen LogP contribution in [0, 0.1) is 0 Å². The Morgan fingerprint density at radius 2 is 2.47 bits per heavy atom. The Morgan fingerprint density at radius 3 is 3.26 bits per heavy atom. The summed E-state index contributed by atoms with van der Waals surface area (Å²) in [6.07, 6.45) is 2.22. The lowest BCUT2D eigenvalue weighted by molar-refractivity contribution is 0.0652. The highest BCUT2D eigenvalue weighted by Crippen LogP contribution is 2.19. The number of hydrogen-bond donors (Lipinski definition) is 2. The van der Waals surface area contributed by atoms with Crippen LogP contribution < -0.4 is 5.32 Å². The zero-order valence-electron chi connectivity index (χ0n) is 10.7. The second-order valence-corrected chi connectivity index (χ2v) is 6.91. The van der Waals surface area contributed by atoms with Crippen molar-refractivity contribution in [1.29, 1.82) is 0 Å². The largest absolute Gasteiger partial charge is 0.381 e. The molecule has 1 aliphatic heterocycles. The van der Waals surface area contributed by atoms with Crippen molar-refractivity contribution in [3.8, 4) is 0 Å². The molecule has 3 heterocycles. The van der Waals surface area contributed by atoms with Crippen molar-refractivity contribution in [3.63, 3.8) is 0 Å². The quantitative estimate of drug-likeness (QED) is 0.898. The van der Waals surface area contributed by atoms with Gasteiger partial charge in [-0.15, -0.1) is 11.3 Å². The van der Waals surface area contributed by atoms with Crippen molar-refractivity contribution in [1.82, 2.24) is 15.3 Å². The lowest BCUT2D eigenvalue weighted by Crippen LogP contribution is -2.44. The monoisotopic (exact) mass is 299 g/mol. The van der Waals surface area contributed by atoms with Crippen LogP contribution in [0.3, 0.4) is 0 Å². The molecule has 5 nitrogen and oxygen atoms in total. The summed E-state index contributed by atoms with van der Waals surface area (Å²) in [4.78, 5) is 7.50. The van der Waals surface area contributed by atoms with Crippen LogP contribution in [0.2, 0.25) is 0 Å². The molecule has 0 aliphatic carbocycles. The average Bonchev–Trinajstić information content (AvgIpc) is 2.99. The van der Waals surface area contributed by atoms with Gasteiger partial charge in [0.1, 0.15) is 5.52 Å². The summed E-state index contributed by atoms with van der Waals surface area (Å²) >= 11 is 1.60. The number of nitrogens with one attached hydrogen (secondary N) is 2. The van der Waals surface area contributed by atoms with E-state index in [1.54, 1.807) is 18.4 Å². The SMILES string of the molecule is COC1CCNC(CS(=O)c2nc3cscc3[nH]2)C1. The number of H-pyrrole nitrogens is 1. The van der Waals surface area contributed by atoms with Crippen LogP contribution in [0.5, 0.6) is 0 Å². The number of imidazole rings is 1. The Morgan fingerprint density at radius 1 is 1.58 bits per heavy atom. The Kier molecular flexibility index (Phi) is 3.97. The Labute approximate surface area is 118 Å². The summed E-state index contributed by atoms with van der Waals surface area (Å²) < 4.78 is 17.7. The fourth-order valence-corrected chi connectivity index (χ4v) is 4.29. The van der Waals surface area contributed by atoms with Crippen molar-refractivity contribution in [2.24, 2.45) is 0 Å². The van der Waals surface area contributed by atoms with Gasteiger partial charge >= 0.3 is 0 Å². The van der Waals surface area contributed by atoms with Crippen LogP contribution in [0.25, 0.3) is 11.0 Å². The van der Waals surface area contributed by atoms with Gasteiger partial charge in [-0.2, -0.15) is 0 Å². The van der Waals surface area contributed by atoms with Gasteiger partial charge in [-0.3, -0.25) is 4.21 Å². The molecule has 3 atom stereocenters. The van der Waals surface area contributed by atoms with Crippen molar-refractivity contribution in [2.75, 3.05) is 19.4 Å². The molecule has 0 aromatic carbocycles. The highest BCUT2D eigenvalue weighted by atomic mass is 32.2. The van der Waals surface area contributed by atoms with E-state index in [-0.39, 0.29) is 12.1 Å². The maximum Gasteiger partial charge on any atom is 0.197 e. The molecule has 1 saturated heterocycles. The molecule has 2 aromatic rings. The first-order chi connectivity index (χ1) is 9.26. The number of aromatic amines is 1. The molecule has 3 rings (SSSR count). The zero-order valence-corrected chi connectivity index (χ0v) is 12.4. The number of methoxy groups -OCH3 is 1. The predicted octanol–water partition coefficient (Wildman–Crippen LogP) is 1.50. The van der Waals surface area contributed by atoms with Crippen LogP contribution in [-0.4, -0.2) is 45.7 Å². The number of ether oxygens (including phenoxy) is 1. The number of hydrogen-bond acceptors (Lipinski definition) is 5. The average molecular weight is 299 g/mol. The third-order valence-corrected chi connectivity index (χ3v) is 5.51. The van der Waals surface area contributed by atoms with E-state index < -0.39 is 10.8 Å². The molecule has 0 spiro atoms. The number of fused-ring (bicyclic) bond motifs is 1. The van der Waals surface area contributed by atoms with E-state index >= 15 is 0 Å². The molecule has 7 heteroatoms. The van der Waals surface area contributed by atoms with Crippen molar-refractivity contribution in [3.05, 3.63) is 10.8 Å². The molecule has 0 bridgehead atoms. The van der Waals surface area contributed by atoms with Gasteiger partial charge in [0.05, 0.1) is 22.4 Å². The van der Waals surface area contributed by atoms with Crippen LogP contribution in [0.15, 0.2) is 15.9 Å². The first-order valence-corrected chi connectivity index (χ1v) is 8.59. The fourth-order valence-electron chi connectivity index (χ4n) is 2.40. The third kappa shape index (κ3) is 2.89. The van der Waals surface area contributed by atoms with E-state index in [4.69, 9.17) is 4.74 Å². The van der Waals surface area contributed by atoms with E-state index in [0.29, 0.717) is 10.9 Å². The molecule has 2 aromatic heterocycles. The van der Waals surface area contributed by atoms with E-state index in [9.17, 15) is 4.21 Å². The molecular formula is C12H17N3O2S2. The first-order valence-electron chi connectivity index (χ1n) is 6.32. The summed E-state index contributed by atoms with van der Waals surface area (Å²) in [5.41, 5.74) is 1.87. The molecule has 104 valence electrons. The zero-order chi connectivity index (χ0) is 13.2. The van der Waals surface area contributed by atoms with Crippen LogP contribution in [0.1, 0.15) is 12.8 Å². The second-order valence-electron chi connectivity index (χ2n) is 4.76. The fraction of sp³-hybridized carbons (Fsp3) is 0.583. The predicted molar refractivity (Wildman–Crippen MR) is 77.1 cm³/mol. The van der Waals surface area contributed by atoms with Gasteiger partial charge in [-0.1, -0.05) is 0 Å². The minimum absolute atomic E-state index is 0.238. The molecule has 1 fully saturated rings. The Bertz CT molecular complexity index is 552.